The van der Waals surface area contributed by atoms with Crippen molar-refractivity contribution in [3.63, 3.8) is 0 Å². The molecule has 3 aromatic rings. The molecule has 0 aliphatic heterocycles. The first-order valence-electron chi connectivity index (χ1n) is 15.9. The van der Waals surface area contributed by atoms with Gasteiger partial charge in [0.05, 0.1) is 0 Å². The first-order chi connectivity index (χ1) is 21.0. The number of hydrogen-bond acceptors (Lipinski definition) is 6. The van der Waals surface area contributed by atoms with E-state index in [2.05, 4.69) is 41.5 Å². The van der Waals surface area contributed by atoms with Crippen molar-refractivity contribution in [1.82, 2.24) is 0 Å². The zero-order chi connectivity index (χ0) is 34.3. The molecular formula is C39H51BiO6. The number of hydrogen-bond donors (Lipinski definition) is 0. The molecule has 3 unspecified atom stereocenters. The van der Waals surface area contributed by atoms with Crippen LogP contribution in [0.15, 0.2) is 72.8 Å². The second-order valence-electron chi connectivity index (χ2n) is 13.1. The largest absolute Gasteiger partial charge is 3.00 e. The molecule has 0 saturated carbocycles. The third-order valence-corrected chi connectivity index (χ3v) is 7.43. The summed E-state index contributed by atoms with van der Waals surface area (Å²) in [6, 6.07) is 23.2. The Balaban J connectivity index is 0.000000653. The van der Waals surface area contributed by atoms with E-state index in [9.17, 15) is 29.7 Å². The summed E-state index contributed by atoms with van der Waals surface area (Å²) in [5.41, 5.74) is 6.17. The molecule has 0 fully saturated rings. The minimum Gasteiger partial charge on any atom is -0.550 e. The zero-order valence-corrected chi connectivity index (χ0v) is 32.4. The first kappa shape index (κ1) is 43.0. The maximum absolute atomic E-state index is 10.7. The van der Waals surface area contributed by atoms with Crippen molar-refractivity contribution in [2.24, 2.45) is 17.8 Å². The van der Waals surface area contributed by atoms with E-state index in [-0.39, 0.29) is 26.2 Å². The molecule has 0 heterocycles. The Hall–Kier alpha value is -3.05. The summed E-state index contributed by atoms with van der Waals surface area (Å²) in [6.07, 6.45) is 3.08. The molecule has 0 bridgehead atoms. The second-order valence-corrected chi connectivity index (χ2v) is 13.1. The van der Waals surface area contributed by atoms with Crippen molar-refractivity contribution < 1.29 is 29.7 Å². The third-order valence-electron chi connectivity index (χ3n) is 7.43. The van der Waals surface area contributed by atoms with Crippen LogP contribution in [0.2, 0.25) is 0 Å². The molecule has 7 heteroatoms. The molecule has 0 saturated heterocycles. The smallest absolute Gasteiger partial charge is 0.550 e. The van der Waals surface area contributed by atoms with Gasteiger partial charge in [0.15, 0.2) is 0 Å². The van der Waals surface area contributed by atoms with Crippen molar-refractivity contribution >= 4 is 44.1 Å². The molecule has 3 aromatic carbocycles. The van der Waals surface area contributed by atoms with Crippen molar-refractivity contribution in [2.45, 2.75) is 99.3 Å². The van der Waals surface area contributed by atoms with Gasteiger partial charge >= 0.3 is 26.2 Å². The SMILES string of the molecule is CC(C)Cc1ccc(C(C)C(=O)[O-])cc1.CC(C)Cc1ccc(C(C)C(=O)[O-])cc1.CC(C)Cc1ccc(C(C)C(=O)[O-])cc1.[Bi+3]. The third kappa shape index (κ3) is 16.5. The van der Waals surface area contributed by atoms with Crippen LogP contribution in [0.5, 0.6) is 0 Å². The quantitative estimate of drug-likeness (QED) is 0.242. The summed E-state index contributed by atoms with van der Waals surface area (Å²) in [7, 11) is 0. The first-order valence-corrected chi connectivity index (χ1v) is 15.9. The minimum absolute atomic E-state index is 0. The Labute approximate surface area is 295 Å². The molecule has 3 rings (SSSR count). The van der Waals surface area contributed by atoms with Crippen molar-refractivity contribution in [3.05, 3.63) is 106 Å². The molecule has 248 valence electrons. The van der Waals surface area contributed by atoms with Gasteiger partial charge in [0, 0.05) is 35.7 Å². The standard InChI is InChI=1S/3C13H18O2.Bi/c3*1-9(2)8-11-4-6-12(7-5-11)10(3)13(14)15;/h3*4-7,9-10H,8H2,1-3H3,(H,14,15);/q;;;+3/p-3. The van der Waals surface area contributed by atoms with E-state index in [0.717, 1.165) is 36.0 Å². The summed E-state index contributed by atoms with van der Waals surface area (Å²) >= 11 is 0. The Morgan fingerprint density at radius 1 is 0.413 bits per heavy atom. The Morgan fingerprint density at radius 2 is 0.587 bits per heavy atom. The maximum Gasteiger partial charge on any atom is 3.00 e. The normalized spacial score (nSPS) is 12.5. The molecule has 3 atom stereocenters. The van der Waals surface area contributed by atoms with Crippen LogP contribution in [-0.2, 0) is 33.6 Å². The summed E-state index contributed by atoms with van der Waals surface area (Å²) in [4.78, 5) is 32.0. The fourth-order valence-electron chi connectivity index (χ4n) is 4.65. The fourth-order valence-corrected chi connectivity index (χ4v) is 4.65. The average Bonchev–Trinajstić information content (AvgIpc) is 2.97. The van der Waals surface area contributed by atoms with Crippen LogP contribution in [0.25, 0.3) is 0 Å². The molecule has 0 aliphatic rings. The zero-order valence-electron chi connectivity index (χ0n) is 28.9. The van der Waals surface area contributed by atoms with Crippen LogP contribution in [0.3, 0.4) is 0 Å². The molecule has 2 radical (unpaired) electrons. The Bertz CT molecular complexity index is 1150. The van der Waals surface area contributed by atoms with Crippen LogP contribution in [0.4, 0.5) is 0 Å². The summed E-state index contributed by atoms with van der Waals surface area (Å²) in [5, 5.41) is 32.0. The molecule has 0 aromatic heterocycles. The molecular weight excluding hydrogens is 773 g/mol. The number of benzene rings is 3. The van der Waals surface area contributed by atoms with E-state index in [1.54, 1.807) is 20.8 Å². The van der Waals surface area contributed by atoms with E-state index in [1.807, 2.05) is 72.8 Å². The van der Waals surface area contributed by atoms with Crippen LogP contribution in [0.1, 0.15) is 113 Å². The number of aliphatic carboxylic acids is 3. The van der Waals surface area contributed by atoms with Gasteiger partial charge in [-0.3, -0.25) is 0 Å². The van der Waals surface area contributed by atoms with Crippen molar-refractivity contribution in [1.29, 1.82) is 0 Å². The molecule has 0 N–H and O–H groups in total. The van der Waals surface area contributed by atoms with Gasteiger partial charge in [0.1, 0.15) is 0 Å². The average molecular weight is 825 g/mol. The maximum atomic E-state index is 10.7. The van der Waals surface area contributed by atoms with Gasteiger partial charge in [-0.05, 0) is 70.4 Å². The van der Waals surface area contributed by atoms with Crippen LogP contribution in [0, 0.1) is 17.8 Å². The summed E-state index contributed by atoms with van der Waals surface area (Å²) < 4.78 is 0. The predicted octanol–water partition coefficient (Wildman–Crippen LogP) is 4.83. The van der Waals surface area contributed by atoms with Crippen LogP contribution < -0.4 is 15.3 Å². The fraction of sp³-hybridized carbons (Fsp3) is 0.462. The van der Waals surface area contributed by atoms with Gasteiger partial charge in [-0.2, -0.15) is 0 Å². The topological polar surface area (TPSA) is 120 Å². The predicted molar refractivity (Wildman–Crippen MR) is 181 cm³/mol. The number of carbonyl (C=O) groups is 3. The van der Waals surface area contributed by atoms with E-state index in [0.29, 0.717) is 17.8 Å². The number of rotatable bonds is 12. The minimum atomic E-state index is -1.02. The van der Waals surface area contributed by atoms with Gasteiger partial charge < -0.3 is 29.7 Å². The van der Waals surface area contributed by atoms with E-state index < -0.39 is 35.7 Å². The number of carbonyl (C=O) groups excluding carboxylic acids is 3. The van der Waals surface area contributed by atoms with E-state index in [1.165, 1.54) is 16.7 Å². The van der Waals surface area contributed by atoms with Crippen molar-refractivity contribution in [3.8, 4) is 0 Å². The van der Waals surface area contributed by atoms with Gasteiger partial charge in [-0.15, -0.1) is 0 Å². The molecule has 0 spiro atoms. The number of carboxylic acids is 3. The molecule has 0 amide bonds. The Kier molecular flexibility index (Phi) is 20.3. The second kappa shape index (κ2) is 21.7. The number of carboxylic acid groups (broad SMARTS) is 3. The van der Waals surface area contributed by atoms with E-state index in [4.69, 9.17) is 0 Å². The molecule has 46 heavy (non-hydrogen) atoms. The van der Waals surface area contributed by atoms with Crippen molar-refractivity contribution in [2.75, 3.05) is 0 Å². The van der Waals surface area contributed by atoms with Crippen LogP contribution >= 0.6 is 0 Å². The molecule has 0 aliphatic carbocycles. The summed E-state index contributed by atoms with van der Waals surface area (Å²) in [6.45, 7) is 17.9. The van der Waals surface area contributed by atoms with Gasteiger partial charge in [-0.25, -0.2) is 0 Å². The monoisotopic (exact) mass is 824 g/mol. The van der Waals surface area contributed by atoms with Crippen LogP contribution in [-0.4, -0.2) is 44.1 Å². The van der Waals surface area contributed by atoms with Gasteiger partial charge in [0.25, 0.3) is 0 Å². The van der Waals surface area contributed by atoms with Gasteiger partial charge in [-0.1, -0.05) is 135 Å². The summed E-state index contributed by atoms with van der Waals surface area (Å²) in [5.74, 6) is -2.79. The van der Waals surface area contributed by atoms with E-state index >= 15 is 0 Å². The van der Waals surface area contributed by atoms with Gasteiger partial charge in [0.2, 0.25) is 0 Å². The Morgan fingerprint density at radius 3 is 0.717 bits per heavy atom. The molecule has 6 nitrogen and oxygen atoms in total.